The zero-order chi connectivity index (χ0) is 14.9. The highest BCUT2D eigenvalue weighted by molar-refractivity contribution is 7.89. The molecule has 2 heterocycles. The number of aliphatic imine (C=N–C) groups is 1. The Morgan fingerprint density at radius 2 is 2.05 bits per heavy atom. The molecule has 110 valence electrons. The molecule has 7 nitrogen and oxygen atoms in total. The van der Waals surface area contributed by atoms with Crippen LogP contribution in [0.4, 0.5) is 0 Å². The topological polar surface area (TPSA) is 92.6 Å². The number of aromatic nitrogens is 2. The minimum Gasteiger partial charge on any atom is -0.211 e. The number of hydrogen-bond donors (Lipinski definition) is 0. The molecule has 1 aliphatic rings. The first-order valence-electron chi connectivity index (χ1n) is 6.41. The van der Waals surface area contributed by atoms with Gasteiger partial charge in [0.1, 0.15) is 15.9 Å². The van der Waals surface area contributed by atoms with Crippen molar-refractivity contribution in [3.8, 4) is 0 Å². The van der Waals surface area contributed by atoms with E-state index in [4.69, 9.17) is 0 Å². The van der Waals surface area contributed by atoms with Gasteiger partial charge in [-0.05, 0) is 25.0 Å². The predicted octanol–water partition coefficient (Wildman–Crippen LogP) is 1.18. The molecule has 1 aliphatic heterocycles. The molecule has 3 rings (SSSR count). The first-order chi connectivity index (χ1) is 10.1. The summed E-state index contributed by atoms with van der Waals surface area (Å²) in [6.45, 7) is 0.679. The third-order valence-electron chi connectivity index (χ3n) is 3.53. The van der Waals surface area contributed by atoms with Crippen LogP contribution in [0.25, 0.3) is 11.0 Å². The van der Waals surface area contributed by atoms with Gasteiger partial charge in [-0.15, -0.1) is 0 Å². The van der Waals surface area contributed by atoms with Crippen LogP contribution in [0.15, 0.2) is 28.1 Å². The summed E-state index contributed by atoms with van der Waals surface area (Å²) in [6, 6.07) is 4.82. The Kier molecular flexibility index (Phi) is 3.81. The van der Waals surface area contributed by atoms with Crippen LogP contribution in [-0.4, -0.2) is 46.7 Å². The summed E-state index contributed by atoms with van der Waals surface area (Å²) >= 11 is 0.996. The largest absolute Gasteiger partial charge is 0.245 e. The first-order valence-corrected chi connectivity index (χ1v) is 8.58. The molecule has 2 aromatic rings. The molecule has 1 aromatic heterocycles. The van der Waals surface area contributed by atoms with Crippen molar-refractivity contribution in [1.82, 2.24) is 13.1 Å². The van der Waals surface area contributed by atoms with Gasteiger partial charge in [0.2, 0.25) is 16.1 Å². The Bertz CT molecular complexity index is 803. The Morgan fingerprint density at radius 1 is 1.29 bits per heavy atom. The van der Waals surface area contributed by atoms with E-state index in [0.717, 1.165) is 11.7 Å². The summed E-state index contributed by atoms with van der Waals surface area (Å²) in [5.74, 6) is 0. The average Bonchev–Trinajstić information content (AvgIpc) is 2.96. The van der Waals surface area contributed by atoms with E-state index in [-0.39, 0.29) is 10.9 Å². The van der Waals surface area contributed by atoms with Crippen LogP contribution in [0.1, 0.15) is 12.8 Å². The molecule has 0 saturated carbocycles. The molecule has 0 atom stereocenters. The fourth-order valence-electron chi connectivity index (χ4n) is 2.41. The third-order valence-corrected chi connectivity index (χ3v) is 6.00. The molecule has 0 spiro atoms. The molecule has 1 fully saturated rings. The van der Waals surface area contributed by atoms with E-state index >= 15 is 0 Å². The van der Waals surface area contributed by atoms with Crippen molar-refractivity contribution in [3.63, 3.8) is 0 Å². The molecular formula is C12H12N4O3S2. The summed E-state index contributed by atoms with van der Waals surface area (Å²) in [5.41, 5.74) is 0.997. The van der Waals surface area contributed by atoms with Crippen molar-refractivity contribution in [2.24, 2.45) is 4.99 Å². The first kappa shape index (κ1) is 14.3. The summed E-state index contributed by atoms with van der Waals surface area (Å²) < 4.78 is 35.0. The van der Waals surface area contributed by atoms with Crippen molar-refractivity contribution >= 4 is 38.9 Å². The van der Waals surface area contributed by atoms with Gasteiger partial charge < -0.3 is 0 Å². The Hall–Kier alpha value is -1.67. The van der Waals surface area contributed by atoms with Crippen LogP contribution < -0.4 is 0 Å². The van der Waals surface area contributed by atoms with Gasteiger partial charge in [-0.3, -0.25) is 0 Å². The maximum absolute atomic E-state index is 12.7. The van der Waals surface area contributed by atoms with E-state index in [0.29, 0.717) is 37.0 Å². The van der Waals surface area contributed by atoms with Gasteiger partial charge in [0.05, 0.1) is 17.8 Å². The third kappa shape index (κ3) is 2.60. The molecule has 0 amide bonds. The van der Waals surface area contributed by atoms with Crippen molar-refractivity contribution < 1.29 is 13.2 Å². The number of fused-ring (bicyclic) bond motifs is 1. The van der Waals surface area contributed by atoms with Crippen LogP contribution >= 0.6 is 11.7 Å². The summed E-state index contributed by atoms with van der Waals surface area (Å²) in [6.07, 6.45) is 2.59. The molecule has 0 N–H and O–H groups in total. The summed E-state index contributed by atoms with van der Waals surface area (Å²) in [5, 5.41) is 0. The van der Waals surface area contributed by atoms with Crippen LogP contribution in [0, 0.1) is 0 Å². The highest BCUT2D eigenvalue weighted by atomic mass is 32.2. The second-order valence-corrected chi connectivity index (χ2v) is 7.18. The lowest BCUT2D eigenvalue weighted by Gasteiger charge is -2.28. The number of nitrogens with zero attached hydrogens (tertiary/aromatic N) is 4. The zero-order valence-electron chi connectivity index (χ0n) is 11.0. The molecule has 9 heteroatoms. The van der Waals surface area contributed by atoms with Crippen molar-refractivity contribution in [1.29, 1.82) is 0 Å². The Morgan fingerprint density at radius 3 is 2.76 bits per heavy atom. The maximum atomic E-state index is 12.7. The van der Waals surface area contributed by atoms with Gasteiger partial charge in [-0.1, -0.05) is 6.07 Å². The number of rotatable bonds is 3. The molecule has 0 aliphatic carbocycles. The van der Waals surface area contributed by atoms with Gasteiger partial charge in [0.25, 0.3) is 0 Å². The Labute approximate surface area is 125 Å². The quantitative estimate of drug-likeness (QED) is 0.624. The van der Waals surface area contributed by atoms with Crippen LogP contribution in [0.2, 0.25) is 0 Å². The van der Waals surface area contributed by atoms with Gasteiger partial charge in [0.15, 0.2) is 0 Å². The molecule has 21 heavy (non-hydrogen) atoms. The smallest absolute Gasteiger partial charge is 0.211 e. The fourth-order valence-corrected chi connectivity index (χ4v) is 4.64. The van der Waals surface area contributed by atoms with E-state index in [1.54, 1.807) is 18.2 Å². The highest BCUT2D eigenvalue weighted by Gasteiger charge is 2.31. The predicted molar refractivity (Wildman–Crippen MR) is 77.3 cm³/mol. The fraction of sp³-hybridized carbons (Fsp3) is 0.417. The zero-order valence-corrected chi connectivity index (χ0v) is 12.6. The van der Waals surface area contributed by atoms with E-state index in [9.17, 15) is 13.2 Å². The van der Waals surface area contributed by atoms with Gasteiger partial charge in [0, 0.05) is 13.1 Å². The SMILES string of the molecule is O=C=NC1CCN(S(=O)(=O)c2cccc3nsnc23)CC1. The van der Waals surface area contributed by atoms with Crippen molar-refractivity contribution in [2.75, 3.05) is 13.1 Å². The number of sulfonamides is 1. The summed E-state index contributed by atoms with van der Waals surface area (Å²) in [7, 11) is -3.60. The molecule has 0 bridgehead atoms. The molecular weight excluding hydrogens is 312 g/mol. The second kappa shape index (κ2) is 5.61. The van der Waals surface area contributed by atoms with E-state index in [1.165, 1.54) is 10.4 Å². The minimum atomic E-state index is -3.60. The lowest BCUT2D eigenvalue weighted by molar-refractivity contribution is 0.320. The van der Waals surface area contributed by atoms with Gasteiger partial charge in [-0.25, -0.2) is 18.2 Å². The monoisotopic (exact) mass is 324 g/mol. The number of hydrogen-bond acceptors (Lipinski definition) is 7. The number of piperidine rings is 1. The maximum Gasteiger partial charge on any atom is 0.245 e. The van der Waals surface area contributed by atoms with Gasteiger partial charge in [-0.2, -0.15) is 13.1 Å². The number of isocyanates is 1. The standard InChI is InChI=1S/C12H12N4O3S2/c17-8-13-9-4-6-16(7-5-9)21(18,19)11-3-1-2-10-12(11)15-20-14-10/h1-3,9H,4-7H2. The lowest BCUT2D eigenvalue weighted by atomic mass is 10.1. The lowest BCUT2D eigenvalue weighted by Crippen LogP contribution is -2.39. The molecule has 0 radical (unpaired) electrons. The van der Waals surface area contributed by atoms with Crippen molar-refractivity contribution in [3.05, 3.63) is 18.2 Å². The highest BCUT2D eigenvalue weighted by Crippen LogP contribution is 2.26. The number of benzene rings is 1. The van der Waals surface area contributed by atoms with E-state index < -0.39 is 10.0 Å². The summed E-state index contributed by atoms with van der Waals surface area (Å²) in [4.78, 5) is 14.1. The minimum absolute atomic E-state index is 0.134. The molecule has 1 saturated heterocycles. The van der Waals surface area contributed by atoms with Gasteiger partial charge >= 0.3 is 0 Å². The number of carbonyl (C=O) groups excluding carboxylic acids is 1. The Balaban J connectivity index is 1.91. The normalized spacial score (nSPS) is 17.7. The van der Waals surface area contributed by atoms with E-state index in [1.807, 2.05) is 0 Å². The van der Waals surface area contributed by atoms with Crippen LogP contribution in [-0.2, 0) is 14.8 Å². The second-order valence-electron chi connectivity index (χ2n) is 4.74. The average molecular weight is 324 g/mol. The van der Waals surface area contributed by atoms with Crippen molar-refractivity contribution in [2.45, 2.75) is 23.8 Å². The van der Waals surface area contributed by atoms with Crippen LogP contribution in [0.5, 0.6) is 0 Å². The van der Waals surface area contributed by atoms with Crippen LogP contribution in [0.3, 0.4) is 0 Å². The molecule has 1 aromatic carbocycles. The molecule has 0 unspecified atom stereocenters. The van der Waals surface area contributed by atoms with E-state index in [2.05, 4.69) is 13.7 Å².